The number of fused-ring (bicyclic) bond motifs is 1. The average Bonchev–Trinajstić information content (AvgIpc) is 3.04. The van der Waals surface area contributed by atoms with Gasteiger partial charge < -0.3 is 9.88 Å². The number of imidazole rings is 1. The summed E-state index contributed by atoms with van der Waals surface area (Å²) in [5.74, 6) is 1.62. The third-order valence-corrected chi connectivity index (χ3v) is 3.91. The van der Waals surface area contributed by atoms with Crippen LogP contribution in [0.5, 0.6) is 0 Å². The van der Waals surface area contributed by atoms with Crippen molar-refractivity contribution in [2.45, 2.75) is 31.7 Å². The summed E-state index contributed by atoms with van der Waals surface area (Å²) >= 11 is 5.94. The average molecular weight is 264 g/mol. The molecule has 0 spiro atoms. The highest BCUT2D eigenvalue weighted by atomic mass is 35.5. The number of anilines is 1. The molecule has 1 aromatic heterocycles. The lowest BCUT2D eigenvalue weighted by atomic mass is 10.2. The van der Waals surface area contributed by atoms with Gasteiger partial charge in [-0.15, -0.1) is 11.6 Å². The van der Waals surface area contributed by atoms with Crippen LogP contribution in [-0.2, 0) is 0 Å². The maximum absolute atomic E-state index is 5.94. The monoisotopic (exact) mass is 263 g/mol. The van der Waals surface area contributed by atoms with Gasteiger partial charge in [-0.2, -0.15) is 0 Å². The summed E-state index contributed by atoms with van der Waals surface area (Å²) in [5.41, 5.74) is 2.13. The van der Waals surface area contributed by atoms with E-state index in [1.165, 1.54) is 25.7 Å². The fourth-order valence-electron chi connectivity index (χ4n) is 2.84. The molecule has 1 heterocycles. The van der Waals surface area contributed by atoms with Gasteiger partial charge in [0.05, 0.1) is 11.0 Å². The molecule has 0 radical (unpaired) electrons. The van der Waals surface area contributed by atoms with Crippen molar-refractivity contribution < 1.29 is 0 Å². The number of H-pyrrole nitrogens is 1. The molecule has 96 valence electrons. The van der Waals surface area contributed by atoms with E-state index < -0.39 is 0 Å². The molecule has 0 saturated heterocycles. The summed E-state index contributed by atoms with van der Waals surface area (Å²) < 4.78 is 0. The molecule has 2 aromatic rings. The van der Waals surface area contributed by atoms with Gasteiger partial charge >= 0.3 is 0 Å². The van der Waals surface area contributed by atoms with E-state index in [1.807, 2.05) is 18.2 Å². The first-order chi connectivity index (χ1) is 8.88. The van der Waals surface area contributed by atoms with Crippen LogP contribution >= 0.6 is 11.6 Å². The molecule has 3 nitrogen and oxygen atoms in total. The molecule has 1 aromatic carbocycles. The van der Waals surface area contributed by atoms with E-state index in [1.54, 1.807) is 0 Å². The van der Waals surface area contributed by atoms with Gasteiger partial charge in [0.2, 0.25) is 5.95 Å². The van der Waals surface area contributed by atoms with Crippen LogP contribution in [0, 0.1) is 0 Å². The number of nitrogens with one attached hydrogen (secondary N) is 1. The highest BCUT2D eigenvalue weighted by Gasteiger charge is 2.24. The number of aromatic nitrogens is 2. The number of hydrogen-bond acceptors (Lipinski definition) is 2. The number of halogens is 1. The SMILES string of the molecule is ClCCN(c1nc2ccccc2[nH]1)C1CCCC1. The van der Waals surface area contributed by atoms with E-state index in [0.29, 0.717) is 11.9 Å². The second-order valence-corrected chi connectivity index (χ2v) is 5.28. The molecule has 0 atom stereocenters. The number of para-hydroxylation sites is 2. The van der Waals surface area contributed by atoms with E-state index >= 15 is 0 Å². The van der Waals surface area contributed by atoms with Crippen LogP contribution in [0.4, 0.5) is 5.95 Å². The van der Waals surface area contributed by atoms with Crippen molar-refractivity contribution in [1.29, 1.82) is 0 Å². The molecular weight excluding hydrogens is 246 g/mol. The van der Waals surface area contributed by atoms with Crippen LogP contribution in [0.15, 0.2) is 24.3 Å². The van der Waals surface area contributed by atoms with E-state index in [4.69, 9.17) is 11.6 Å². The van der Waals surface area contributed by atoms with Gasteiger partial charge in [0.25, 0.3) is 0 Å². The van der Waals surface area contributed by atoms with Crippen LogP contribution in [0.3, 0.4) is 0 Å². The third-order valence-electron chi connectivity index (χ3n) is 3.74. The Morgan fingerprint density at radius 2 is 2.06 bits per heavy atom. The van der Waals surface area contributed by atoms with Gasteiger partial charge in [0.1, 0.15) is 0 Å². The van der Waals surface area contributed by atoms with Crippen LogP contribution in [0.25, 0.3) is 11.0 Å². The normalized spacial score (nSPS) is 16.5. The summed E-state index contributed by atoms with van der Waals surface area (Å²) in [6.07, 6.45) is 5.16. The van der Waals surface area contributed by atoms with Crippen LogP contribution in [-0.4, -0.2) is 28.4 Å². The Kier molecular flexibility index (Phi) is 3.41. The molecule has 1 aliphatic rings. The zero-order valence-electron chi connectivity index (χ0n) is 10.4. The predicted molar refractivity (Wildman–Crippen MR) is 76.4 cm³/mol. The number of nitrogens with zero attached hydrogens (tertiary/aromatic N) is 2. The minimum absolute atomic E-state index is 0.601. The molecule has 0 unspecified atom stereocenters. The number of benzene rings is 1. The van der Waals surface area contributed by atoms with Crippen molar-refractivity contribution in [1.82, 2.24) is 9.97 Å². The second kappa shape index (κ2) is 5.19. The summed E-state index contributed by atoms with van der Waals surface area (Å²) in [4.78, 5) is 10.4. The van der Waals surface area contributed by atoms with E-state index in [9.17, 15) is 0 Å². The first-order valence-electron chi connectivity index (χ1n) is 6.66. The van der Waals surface area contributed by atoms with Gasteiger partial charge in [-0.3, -0.25) is 0 Å². The maximum Gasteiger partial charge on any atom is 0.204 e. The summed E-state index contributed by atoms with van der Waals surface area (Å²) in [6.45, 7) is 0.867. The number of rotatable bonds is 4. The molecular formula is C14H18ClN3. The van der Waals surface area contributed by atoms with E-state index in [2.05, 4.69) is 20.9 Å². The molecule has 1 fully saturated rings. The Morgan fingerprint density at radius 3 is 2.78 bits per heavy atom. The summed E-state index contributed by atoms with van der Waals surface area (Å²) in [7, 11) is 0. The Balaban J connectivity index is 1.92. The molecule has 0 bridgehead atoms. The Hall–Kier alpha value is -1.22. The number of hydrogen-bond donors (Lipinski definition) is 1. The topological polar surface area (TPSA) is 31.9 Å². The molecule has 18 heavy (non-hydrogen) atoms. The van der Waals surface area contributed by atoms with Crippen molar-refractivity contribution in [3.05, 3.63) is 24.3 Å². The van der Waals surface area contributed by atoms with Gasteiger partial charge in [-0.25, -0.2) is 4.98 Å². The highest BCUT2D eigenvalue weighted by Crippen LogP contribution is 2.27. The Bertz CT molecular complexity index is 483. The van der Waals surface area contributed by atoms with Crippen LogP contribution in [0.2, 0.25) is 0 Å². The van der Waals surface area contributed by atoms with Crippen molar-refractivity contribution in [2.75, 3.05) is 17.3 Å². The Morgan fingerprint density at radius 1 is 1.28 bits per heavy atom. The lowest BCUT2D eigenvalue weighted by molar-refractivity contribution is 0.610. The molecule has 4 heteroatoms. The van der Waals surface area contributed by atoms with Crippen molar-refractivity contribution >= 4 is 28.6 Å². The van der Waals surface area contributed by atoms with E-state index in [0.717, 1.165) is 23.5 Å². The molecule has 1 N–H and O–H groups in total. The third kappa shape index (κ3) is 2.19. The maximum atomic E-state index is 5.94. The zero-order valence-corrected chi connectivity index (χ0v) is 11.2. The molecule has 1 saturated carbocycles. The molecule has 0 amide bonds. The molecule has 3 rings (SSSR count). The standard InChI is InChI=1S/C14H18ClN3/c15-9-10-18(11-5-1-2-6-11)14-16-12-7-3-4-8-13(12)17-14/h3-4,7-8,11H,1-2,5-6,9-10H2,(H,16,17). The highest BCUT2D eigenvalue weighted by molar-refractivity contribution is 6.18. The molecule has 0 aliphatic heterocycles. The van der Waals surface area contributed by atoms with Gasteiger partial charge in [-0.1, -0.05) is 25.0 Å². The summed E-state index contributed by atoms with van der Waals surface area (Å²) in [6, 6.07) is 8.77. The minimum Gasteiger partial charge on any atom is -0.338 e. The van der Waals surface area contributed by atoms with Crippen molar-refractivity contribution in [2.24, 2.45) is 0 Å². The largest absolute Gasteiger partial charge is 0.338 e. The lowest BCUT2D eigenvalue weighted by Crippen LogP contribution is -2.35. The van der Waals surface area contributed by atoms with Crippen molar-refractivity contribution in [3.63, 3.8) is 0 Å². The van der Waals surface area contributed by atoms with Gasteiger partial charge in [0, 0.05) is 18.5 Å². The van der Waals surface area contributed by atoms with Crippen molar-refractivity contribution in [3.8, 4) is 0 Å². The predicted octanol–water partition coefficient (Wildman–Crippen LogP) is 3.55. The fourth-order valence-corrected chi connectivity index (χ4v) is 3.03. The van der Waals surface area contributed by atoms with Gasteiger partial charge in [0.15, 0.2) is 0 Å². The lowest BCUT2D eigenvalue weighted by Gasteiger charge is -2.27. The first-order valence-corrected chi connectivity index (χ1v) is 7.19. The quantitative estimate of drug-likeness (QED) is 0.856. The van der Waals surface area contributed by atoms with Crippen LogP contribution < -0.4 is 4.90 Å². The summed E-state index contributed by atoms with van der Waals surface area (Å²) in [5, 5.41) is 0. The second-order valence-electron chi connectivity index (χ2n) is 4.90. The molecule has 1 aliphatic carbocycles. The smallest absolute Gasteiger partial charge is 0.204 e. The number of alkyl halides is 1. The van der Waals surface area contributed by atoms with Crippen LogP contribution in [0.1, 0.15) is 25.7 Å². The zero-order chi connectivity index (χ0) is 12.4. The van der Waals surface area contributed by atoms with E-state index in [-0.39, 0.29) is 0 Å². The fraction of sp³-hybridized carbons (Fsp3) is 0.500. The minimum atomic E-state index is 0.601. The Labute approximate surface area is 112 Å². The first kappa shape index (κ1) is 11.8. The van der Waals surface area contributed by atoms with Gasteiger partial charge in [-0.05, 0) is 25.0 Å². The number of aromatic amines is 1.